The number of benzene rings is 1. The number of aromatic nitrogens is 1. The van der Waals surface area contributed by atoms with E-state index in [2.05, 4.69) is 10.3 Å². The first-order valence-electron chi connectivity index (χ1n) is 6.23. The molecule has 4 nitrogen and oxygen atoms in total. The Morgan fingerprint density at radius 2 is 2.15 bits per heavy atom. The standard InChI is InChI=1S/C14H18FN3OS/c1-9-10(15)6-5-7-11(9)16-8-12-13(19-4)17-14(20-12)18(2)3/h5-7,16H,8H2,1-4H3. The maximum Gasteiger partial charge on any atom is 0.231 e. The number of anilines is 2. The molecule has 0 unspecified atom stereocenters. The highest BCUT2D eigenvalue weighted by Gasteiger charge is 2.13. The zero-order chi connectivity index (χ0) is 14.7. The van der Waals surface area contributed by atoms with Gasteiger partial charge >= 0.3 is 0 Å². The molecule has 20 heavy (non-hydrogen) atoms. The second kappa shape index (κ2) is 6.09. The normalized spacial score (nSPS) is 10.4. The minimum absolute atomic E-state index is 0.208. The Kier molecular flexibility index (Phi) is 4.44. The number of methoxy groups -OCH3 is 1. The Morgan fingerprint density at radius 3 is 2.80 bits per heavy atom. The molecule has 1 heterocycles. The minimum atomic E-state index is -0.208. The number of hydrogen-bond acceptors (Lipinski definition) is 5. The molecule has 0 atom stereocenters. The van der Waals surface area contributed by atoms with Gasteiger partial charge in [0.05, 0.1) is 18.5 Å². The zero-order valence-electron chi connectivity index (χ0n) is 12.0. The van der Waals surface area contributed by atoms with Crippen LogP contribution in [-0.2, 0) is 6.54 Å². The molecule has 0 aliphatic heterocycles. The molecule has 108 valence electrons. The molecule has 0 amide bonds. The second-order valence-electron chi connectivity index (χ2n) is 4.59. The lowest BCUT2D eigenvalue weighted by Gasteiger charge is -2.09. The zero-order valence-corrected chi connectivity index (χ0v) is 12.8. The predicted octanol–water partition coefficient (Wildman–Crippen LogP) is 3.28. The summed E-state index contributed by atoms with van der Waals surface area (Å²) in [5.41, 5.74) is 1.40. The van der Waals surface area contributed by atoms with E-state index < -0.39 is 0 Å². The molecule has 0 saturated heterocycles. The minimum Gasteiger partial charge on any atom is -0.480 e. The Hall–Kier alpha value is -1.82. The molecular weight excluding hydrogens is 277 g/mol. The summed E-state index contributed by atoms with van der Waals surface area (Å²) in [7, 11) is 5.48. The molecule has 2 rings (SSSR count). The molecule has 0 fully saturated rings. The monoisotopic (exact) mass is 295 g/mol. The molecule has 0 bridgehead atoms. The van der Waals surface area contributed by atoms with E-state index in [0.717, 1.165) is 15.7 Å². The van der Waals surface area contributed by atoms with Crippen molar-refractivity contribution in [1.82, 2.24) is 4.98 Å². The predicted molar refractivity (Wildman–Crippen MR) is 81.5 cm³/mol. The summed E-state index contributed by atoms with van der Waals surface area (Å²) in [6.07, 6.45) is 0. The van der Waals surface area contributed by atoms with Crippen molar-refractivity contribution in [3.8, 4) is 5.88 Å². The quantitative estimate of drug-likeness (QED) is 0.918. The van der Waals surface area contributed by atoms with Gasteiger partial charge in [0.2, 0.25) is 5.88 Å². The third-order valence-electron chi connectivity index (χ3n) is 2.93. The summed E-state index contributed by atoms with van der Waals surface area (Å²) in [6.45, 7) is 2.31. The van der Waals surface area contributed by atoms with Crippen molar-refractivity contribution < 1.29 is 9.13 Å². The van der Waals surface area contributed by atoms with Crippen LogP contribution in [0.25, 0.3) is 0 Å². The molecular formula is C14H18FN3OS. The highest BCUT2D eigenvalue weighted by Crippen LogP contribution is 2.31. The van der Waals surface area contributed by atoms with Crippen molar-refractivity contribution in [3.05, 3.63) is 34.5 Å². The Bertz CT molecular complexity index is 598. The average Bonchev–Trinajstić information content (AvgIpc) is 2.84. The Balaban J connectivity index is 2.16. The van der Waals surface area contributed by atoms with Crippen LogP contribution in [0.4, 0.5) is 15.2 Å². The number of nitrogens with one attached hydrogen (secondary N) is 1. The highest BCUT2D eigenvalue weighted by molar-refractivity contribution is 7.15. The van der Waals surface area contributed by atoms with Gasteiger partial charge in [0.15, 0.2) is 5.13 Å². The van der Waals surface area contributed by atoms with Gasteiger partial charge in [0.25, 0.3) is 0 Å². The van der Waals surface area contributed by atoms with Crippen molar-refractivity contribution in [2.24, 2.45) is 0 Å². The molecule has 0 aliphatic rings. The van der Waals surface area contributed by atoms with E-state index in [9.17, 15) is 4.39 Å². The summed E-state index contributed by atoms with van der Waals surface area (Å²) in [5, 5.41) is 4.11. The van der Waals surface area contributed by atoms with Crippen LogP contribution in [0.3, 0.4) is 0 Å². The number of hydrogen-bond donors (Lipinski definition) is 1. The van der Waals surface area contributed by atoms with Crippen LogP contribution in [0.15, 0.2) is 18.2 Å². The molecule has 0 spiro atoms. The lowest BCUT2D eigenvalue weighted by molar-refractivity contribution is 0.397. The molecule has 0 radical (unpaired) electrons. The number of thiazole rings is 1. The van der Waals surface area contributed by atoms with E-state index in [1.54, 1.807) is 31.4 Å². The van der Waals surface area contributed by atoms with E-state index in [0.29, 0.717) is 18.0 Å². The lowest BCUT2D eigenvalue weighted by Crippen LogP contribution is -2.07. The Morgan fingerprint density at radius 1 is 1.40 bits per heavy atom. The number of halogens is 1. The van der Waals surface area contributed by atoms with Crippen molar-refractivity contribution >= 4 is 22.2 Å². The third kappa shape index (κ3) is 3.01. The van der Waals surface area contributed by atoms with Gasteiger partial charge in [-0.15, -0.1) is 0 Å². The summed E-state index contributed by atoms with van der Waals surface area (Å²) in [5.74, 6) is 0.403. The Labute approximate surface area is 122 Å². The van der Waals surface area contributed by atoms with Crippen LogP contribution >= 0.6 is 11.3 Å². The van der Waals surface area contributed by atoms with Crippen LogP contribution < -0.4 is 15.0 Å². The lowest BCUT2D eigenvalue weighted by atomic mass is 10.2. The van der Waals surface area contributed by atoms with E-state index in [1.165, 1.54) is 6.07 Å². The van der Waals surface area contributed by atoms with E-state index >= 15 is 0 Å². The van der Waals surface area contributed by atoms with Gasteiger partial charge in [-0.25, -0.2) is 4.39 Å². The van der Waals surface area contributed by atoms with Crippen molar-refractivity contribution in [2.45, 2.75) is 13.5 Å². The number of rotatable bonds is 5. The van der Waals surface area contributed by atoms with Gasteiger partial charge in [0, 0.05) is 25.3 Å². The average molecular weight is 295 g/mol. The van der Waals surface area contributed by atoms with E-state index in [1.807, 2.05) is 25.1 Å². The van der Waals surface area contributed by atoms with Crippen molar-refractivity contribution in [3.63, 3.8) is 0 Å². The summed E-state index contributed by atoms with van der Waals surface area (Å²) in [4.78, 5) is 7.31. The first kappa shape index (κ1) is 14.6. The van der Waals surface area contributed by atoms with Crippen molar-refractivity contribution in [2.75, 3.05) is 31.4 Å². The van der Waals surface area contributed by atoms with Gasteiger partial charge < -0.3 is 15.0 Å². The van der Waals surface area contributed by atoms with Crippen LogP contribution in [-0.4, -0.2) is 26.2 Å². The SMILES string of the molecule is COc1nc(N(C)C)sc1CNc1cccc(F)c1C. The van der Waals surface area contributed by atoms with Crippen molar-refractivity contribution in [1.29, 1.82) is 0 Å². The fourth-order valence-corrected chi connectivity index (χ4v) is 2.65. The maximum absolute atomic E-state index is 13.5. The van der Waals surface area contributed by atoms with Gasteiger partial charge in [-0.05, 0) is 19.1 Å². The third-order valence-corrected chi connectivity index (χ3v) is 4.14. The smallest absolute Gasteiger partial charge is 0.231 e. The molecule has 1 aromatic carbocycles. The fraction of sp³-hybridized carbons (Fsp3) is 0.357. The van der Waals surface area contributed by atoms with Gasteiger partial charge in [0.1, 0.15) is 5.82 Å². The number of ether oxygens (including phenoxy) is 1. The van der Waals surface area contributed by atoms with E-state index in [4.69, 9.17) is 4.74 Å². The first-order valence-corrected chi connectivity index (χ1v) is 7.04. The van der Waals surface area contributed by atoms with Crippen LogP contribution in [0.2, 0.25) is 0 Å². The van der Waals surface area contributed by atoms with Gasteiger partial charge in [-0.3, -0.25) is 0 Å². The first-order chi connectivity index (χ1) is 9.52. The van der Waals surface area contributed by atoms with Gasteiger partial charge in [-0.2, -0.15) is 4.98 Å². The van der Waals surface area contributed by atoms with Crippen LogP contribution in [0.5, 0.6) is 5.88 Å². The summed E-state index contributed by atoms with van der Waals surface area (Å²) >= 11 is 1.56. The fourth-order valence-electron chi connectivity index (χ4n) is 1.76. The number of nitrogens with zero attached hydrogens (tertiary/aromatic N) is 2. The molecule has 1 aromatic heterocycles. The molecule has 6 heteroatoms. The van der Waals surface area contributed by atoms with Crippen LogP contribution in [0.1, 0.15) is 10.4 Å². The molecule has 1 N–H and O–H groups in total. The maximum atomic E-state index is 13.5. The molecule has 0 aliphatic carbocycles. The van der Waals surface area contributed by atoms with Crippen LogP contribution in [0, 0.1) is 12.7 Å². The summed E-state index contributed by atoms with van der Waals surface area (Å²) in [6, 6.07) is 5.01. The largest absolute Gasteiger partial charge is 0.480 e. The molecule has 0 saturated carbocycles. The topological polar surface area (TPSA) is 37.4 Å². The molecule has 2 aromatic rings. The van der Waals surface area contributed by atoms with Gasteiger partial charge in [-0.1, -0.05) is 17.4 Å². The highest BCUT2D eigenvalue weighted by atomic mass is 32.1. The summed E-state index contributed by atoms with van der Waals surface area (Å²) < 4.78 is 18.8. The second-order valence-corrected chi connectivity index (χ2v) is 5.65. The van der Waals surface area contributed by atoms with E-state index in [-0.39, 0.29) is 5.82 Å².